The number of nitrogens with zero attached hydrogens (tertiary/aromatic N) is 2. The van der Waals surface area contributed by atoms with Crippen molar-refractivity contribution in [1.82, 2.24) is 10.2 Å². The standard InChI is InChI=1S/C28H29Cl4N3O4S/c1-4-18(2)33-28(37)19(3)34(16-20-10-12-23(30)24(31)14-20)27(36)17-35(26-13-11-21(29)15-25(26)32)40(38,39)22-8-6-5-7-9-22/h5-15,18-19H,4,16-17H2,1-3H3,(H,33,37)/t18-,19-/m1/s1. The first-order valence-electron chi connectivity index (χ1n) is 12.4. The van der Waals surface area contributed by atoms with Gasteiger partial charge in [0.25, 0.3) is 10.0 Å². The number of hydrogen-bond donors (Lipinski definition) is 1. The molecule has 0 heterocycles. The second-order valence-corrected chi connectivity index (χ2v) is 12.7. The largest absolute Gasteiger partial charge is 0.352 e. The average molecular weight is 645 g/mol. The lowest BCUT2D eigenvalue weighted by Gasteiger charge is -2.32. The summed E-state index contributed by atoms with van der Waals surface area (Å²) < 4.78 is 28.5. The Morgan fingerprint density at radius 1 is 0.875 bits per heavy atom. The van der Waals surface area contributed by atoms with Gasteiger partial charge in [0.2, 0.25) is 11.8 Å². The van der Waals surface area contributed by atoms with Gasteiger partial charge in [-0.1, -0.05) is 77.6 Å². The zero-order chi connectivity index (χ0) is 29.6. The SMILES string of the molecule is CC[C@@H](C)NC(=O)[C@@H](C)N(Cc1ccc(Cl)c(Cl)c1)C(=O)CN(c1ccc(Cl)cc1Cl)S(=O)(=O)c1ccccc1. The molecule has 7 nitrogen and oxygen atoms in total. The second kappa shape index (κ2) is 13.9. The van der Waals surface area contributed by atoms with Crippen molar-refractivity contribution >= 4 is 73.9 Å². The van der Waals surface area contributed by atoms with Crippen molar-refractivity contribution in [3.05, 3.63) is 92.4 Å². The monoisotopic (exact) mass is 643 g/mol. The van der Waals surface area contributed by atoms with Crippen LogP contribution in [0.2, 0.25) is 20.1 Å². The Morgan fingerprint density at radius 3 is 2.15 bits per heavy atom. The smallest absolute Gasteiger partial charge is 0.264 e. The fraction of sp³-hybridized carbons (Fsp3) is 0.286. The summed E-state index contributed by atoms with van der Waals surface area (Å²) in [6.07, 6.45) is 0.692. The van der Waals surface area contributed by atoms with Crippen LogP contribution in [0.3, 0.4) is 0 Å². The molecule has 2 atom stereocenters. The Labute approximate surface area is 255 Å². The van der Waals surface area contributed by atoms with E-state index in [1.165, 1.54) is 35.2 Å². The highest BCUT2D eigenvalue weighted by atomic mass is 35.5. The van der Waals surface area contributed by atoms with Crippen LogP contribution in [-0.4, -0.2) is 43.8 Å². The summed E-state index contributed by atoms with van der Waals surface area (Å²) in [4.78, 5) is 28.3. The molecular formula is C28H29Cl4N3O4S. The van der Waals surface area contributed by atoms with Gasteiger partial charge in [-0.2, -0.15) is 0 Å². The van der Waals surface area contributed by atoms with Crippen LogP contribution in [0.5, 0.6) is 0 Å². The van der Waals surface area contributed by atoms with Gasteiger partial charge in [-0.25, -0.2) is 8.42 Å². The summed E-state index contributed by atoms with van der Waals surface area (Å²) in [7, 11) is -4.25. The van der Waals surface area contributed by atoms with E-state index in [9.17, 15) is 18.0 Å². The van der Waals surface area contributed by atoms with Gasteiger partial charge in [-0.3, -0.25) is 13.9 Å². The second-order valence-electron chi connectivity index (χ2n) is 9.18. The molecule has 0 spiro atoms. The number of hydrogen-bond acceptors (Lipinski definition) is 4. The van der Waals surface area contributed by atoms with Crippen molar-refractivity contribution in [2.75, 3.05) is 10.8 Å². The fourth-order valence-electron chi connectivity index (χ4n) is 3.80. The van der Waals surface area contributed by atoms with Gasteiger partial charge < -0.3 is 10.2 Å². The minimum absolute atomic E-state index is 0.0294. The molecule has 12 heteroatoms. The molecule has 0 aliphatic heterocycles. The van der Waals surface area contributed by atoms with Crippen LogP contribution in [0.25, 0.3) is 0 Å². The predicted molar refractivity (Wildman–Crippen MR) is 162 cm³/mol. The van der Waals surface area contributed by atoms with Crippen LogP contribution in [0.15, 0.2) is 71.6 Å². The molecule has 40 heavy (non-hydrogen) atoms. The fourth-order valence-corrected chi connectivity index (χ4v) is 6.13. The average Bonchev–Trinajstić information content (AvgIpc) is 2.92. The zero-order valence-electron chi connectivity index (χ0n) is 22.1. The molecule has 0 fully saturated rings. The van der Waals surface area contributed by atoms with E-state index in [1.807, 2.05) is 13.8 Å². The number of carbonyl (C=O) groups excluding carboxylic acids is 2. The van der Waals surface area contributed by atoms with E-state index in [-0.39, 0.29) is 39.1 Å². The van der Waals surface area contributed by atoms with Gasteiger partial charge in [-0.05, 0) is 68.3 Å². The summed E-state index contributed by atoms with van der Waals surface area (Å²) in [5.41, 5.74) is 0.669. The summed E-state index contributed by atoms with van der Waals surface area (Å²) >= 11 is 24.7. The highest BCUT2D eigenvalue weighted by molar-refractivity contribution is 7.92. The summed E-state index contributed by atoms with van der Waals surface area (Å²) in [6, 6.07) is 15.8. The third-order valence-corrected chi connectivity index (χ3v) is 9.34. The number of carbonyl (C=O) groups is 2. The number of rotatable bonds is 11. The van der Waals surface area contributed by atoms with E-state index in [4.69, 9.17) is 46.4 Å². The van der Waals surface area contributed by atoms with Crippen LogP contribution in [0.4, 0.5) is 5.69 Å². The molecule has 0 saturated heterocycles. The Hall–Kier alpha value is -2.49. The number of amides is 2. The Balaban J connectivity index is 2.06. The Kier molecular flexibility index (Phi) is 11.1. The number of benzene rings is 3. The molecule has 2 amide bonds. The summed E-state index contributed by atoms with van der Waals surface area (Å²) in [5.74, 6) is -1.02. The Bertz CT molecular complexity index is 1470. The minimum Gasteiger partial charge on any atom is -0.352 e. The molecule has 214 valence electrons. The molecule has 3 rings (SSSR count). The highest BCUT2D eigenvalue weighted by Crippen LogP contribution is 2.33. The molecule has 0 aliphatic carbocycles. The van der Waals surface area contributed by atoms with Crippen molar-refractivity contribution in [1.29, 1.82) is 0 Å². The van der Waals surface area contributed by atoms with E-state index in [1.54, 1.807) is 43.3 Å². The lowest BCUT2D eigenvalue weighted by molar-refractivity contribution is -0.139. The van der Waals surface area contributed by atoms with Gasteiger partial charge in [0.05, 0.1) is 25.7 Å². The highest BCUT2D eigenvalue weighted by Gasteiger charge is 2.33. The van der Waals surface area contributed by atoms with Crippen molar-refractivity contribution in [2.24, 2.45) is 0 Å². The first-order valence-corrected chi connectivity index (χ1v) is 15.4. The molecule has 1 N–H and O–H groups in total. The maximum Gasteiger partial charge on any atom is 0.264 e. The number of anilines is 1. The van der Waals surface area contributed by atoms with Crippen molar-refractivity contribution < 1.29 is 18.0 Å². The molecule has 0 saturated carbocycles. The van der Waals surface area contributed by atoms with Gasteiger partial charge in [0, 0.05) is 17.6 Å². The topological polar surface area (TPSA) is 86.8 Å². The van der Waals surface area contributed by atoms with Crippen LogP contribution >= 0.6 is 46.4 Å². The lowest BCUT2D eigenvalue weighted by atomic mass is 10.1. The molecule has 0 unspecified atom stereocenters. The van der Waals surface area contributed by atoms with Crippen molar-refractivity contribution in [3.8, 4) is 0 Å². The molecule has 3 aromatic rings. The number of halogens is 4. The Morgan fingerprint density at radius 2 is 1.55 bits per heavy atom. The van der Waals surface area contributed by atoms with E-state index in [2.05, 4.69) is 5.32 Å². The number of nitrogens with one attached hydrogen (secondary N) is 1. The van der Waals surface area contributed by atoms with Gasteiger partial charge in [0.15, 0.2) is 0 Å². The van der Waals surface area contributed by atoms with Crippen LogP contribution in [-0.2, 0) is 26.2 Å². The van der Waals surface area contributed by atoms with Crippen LogP contribution in [0, 0.1) is 0 Å². The molecule has 0 aliphatic rings. The van der Waals surface area contributed by atoms with E-state index in [0.29, 0.717) is 22.0 Å². The normalized spacial score (nSPS) is 12.9. The number of sulfonamides is 1. The van der Waals surface area contributed by atoms with Crippen molar-refractivity contribution in [3.63, 3.8) is 0 Å². The summed E-state index contributed by atoms with van der Waals surface area (Å²) in [6.45, 7) is 4.69. The zero-order valence-corrected chi connectivity index (χ0v) is 25.9. The third-order valence-electron chi connectivity index (χ3n) is 6.29. The minimum atomic E-state index is -4.25. The lowest BCUT2D eigenvalue weighted by Crippen LogP contribution is -2.52. The predicted octanol–water partition coefficient (Wildman–Crippen LogP) is 6.83. The maximum atomic E-state index is 14.0. The van der Waals surface area contributed by atoms with E-state index >= 15 is 0 Å². The van der Waals surface area contributed by atoms with Gasteiger partial charge in [0.1, 0.15) is 12.6 Å². The van der Waals surface area contributed by atoms with Crippen LogP contribution < -0.4 is 9.62 Å². The van der Waals surface area contributed by atoms with E-state index < -0.39 is 28.5 Å². The molecule has 3 aromatic carbocycles. The molecule has 0 aromatic heterocycles. The quantitative estimate of drug-likeness (QED) is 0.248. The maximum absolute atomic E-state index is 14.0. The van der Waals surface area contributed by atoms with Crippen LogP contribution in [0.1, 0.15) is 32.8 Å². The molecule has 0 bridgehead atoms. The summed E-state index contributed by atoms with van der Waals surface area (Å²) in [5, 5.41) is 3.84. The van der Waals surface area contributed by atoms with Crippen molar-refractivity contribution in [2.45, 2.75) is 50.7 Å². The third kappa shape index (κ3) is 7.83. The first-order chi connectivity index (χ1) is 18.8. The molecular weight excluding hydrogens is 616 g/mol. The van der Waals surface area contributed by atoms with Gasteiger partial charge >= 0.3 is 0 Å². The van der Waals surface area contributed by atoms with E-state index in [0.717, 1.165) is 4.31 Å². The first kappa shape index (κ1) is 32.0. The molecule has 0 radical (unpaired) electrons. The van der Waals surface area contributed by atoms with Gasteiger partial charge in [-0.15, -0.1) is 0 Å².